The van der Waals surface area contributed by atoms with Gasteiger partial charge in [0.25, 0.3) is 0 Å². The monoisotopic (exact) mass is 301 g/mol. The number of carboxylic acid groups (broad SMARTS) is 1. The summed E-state index contributed by atoms with van der Waals surface area (Å²) < 4.78 is 0. The molecule has 8 heteroatoms. The average molecular weight is 301 g/mol. The quantitative estimate of drug-likeness (QED) is 0.760. The van der Waals surface area contributed by atoms with Crippen molar-refractivity contribution in [3.63, 3.8) is 0 Å². The van der Waals surface area contributed by atoms with Crippen molar-refractivity contribution in [1.82, 2.24) is 15.6 Å². The minimum Gasteiger partial charge on any atom is -0.476 e. The first-order valence-corrected chi connectivity index (χ1v) is 7.98. The SMILES string of the molecule is O=C(NCCc1nc(C(=O)O)cs1)NC1CCSC1. The van der Waals surface area contributed by atoms with Crippen LogP contribution in [-0.2, 0) is 6.42 Å². The van der Waals surface area contributed by atoms with Crippen LogP contribution in [0.4, 0.5) is 4.79 Å². The van der Waals surface area contributed by atoms with Crippen LogP contribution in [-0.4, -0.2) is 46.2 Å². The van der Waals surface area contributed by atoms with E-state index in [0.29, 0.717) is 18.0 Å². The van der Waals surface area contributed by atoms with Crippen molar-refractivity contribution in [2.24, 2.45) is 0 Å². The van der Waals surface area contributed by atoms with Crippen molar-refractivity contribution in [3.8, 4) is 0 Å². The molecule has 0 bridgehead atoms. The van der Waals surface area contributed by atoms with E-state index in [9.17, 15) is 9.59 Å². The molecule has 0 spiro atoms. The van der Waals surface area contributed by atoms with Crippen LogP contribution in [0.2, 0.25) is 0 Å². The fourth-order valence-corrected chi connectivity index (χ4v) is 3.62. The van der Waals surface area contributed by atoms with Gasteiger partial charge in [-0.05, 0) is 12.2 Å². The van der Waals surface area contributed by atoms with E-state index in [1.807, 2.05) is 11.8 Å². The molecule has 1 fully saturated rings. The molecule has 2 rings (SSSR count). The molecule has 0 saturated carbocycles. The molecule has 2 heterocycles. The molecule has 104 valence electrons. The number of carbonyl (C=O) groups is 2. The summed E-state index contributed by atoms with van der Waals surface area (Å²) in [6.07, 6.45) is 1.57. The van der Waals surface area contributed by atoms with E-state index < -0.39 is 5.97 Å². The number of urea groups is 1. The second kappa shape index (κ2) is 6.76. The molecule has 1 aliphatic rings. The molecule has 0 aliphatic carbocycles. The number of thiazole rings is 1. The van der Waals surface area contributed by atoms with Gasteiger partial charge in [-0.15, -0.1) is 11.3 Å². The van der Waals surface area contributed by atoms with Crippen LogP contribution in [0, 0.1) is 0 Å². The van der Waals surface area contributed by atoms with Crippen LogP contribution in [0.3, 0.4) is 0 Å². The Morgan fingerprint density at radius 1 is 1.53 bits per heavy atom. The zero-order valence-corrected chi connectivity index (χ0v) is 11.9. The van der Waals surface area contributed by atoms with Gasteiger partial charge in [-0.25, -0.2) is 14.6 Å². The highest BCUT2D eigenvalue weighted by molar-refractivity contribution is 7.99. The number of nitrogens with one attached hydrogen (secondary N) is 2. The zero-order valence-electron chi connectivity index (χ0n) is 10.2. The summed E-state index contributed by atoms with van der Waals surface area (Å²) in [5, 5.41) is 16.6. The minimum atomic E-state index is -1.02. The summed E-state index contributed by atoms with van der Waals surface area (Å²) in [4.78, 5) is 26.2. The second-order valence-electron chi connectivity index (χ2n) is 4.14. The number of hydrogen-bond donors (Lipinski definition) is 3. The zero-order chi connectivity index (χ0) is 13.7. The van der Waals surface area contributed by atoms with Crippen molar-refractivity contribution in [2.75, 3.05) is 18.1 Å². The summed E-state index contributed by atoms with van der Waals surface area (Å²) in [5.41, 5.74) is 0.0624. The number of carbonyl (C=O) groups excluding carboxylic acids is 1. The number of rotatable bonds is 5. The topological polar surface area (TPSA) is 91.3 Å². The maximum atomic E-state index is 11.6. The third-order valence-corrected chi connectivity index (χ3v) is 4.73. The van der Waals surface area contributed by atoms with E-state index in [1.54, 1.807) is 0 Å². The van der Waals surface area contributed by atoms with E-state index >= 15 is 0 Å². The smallest absolute Gasteiger partial charge is 0.355 e. The first kappa shape index (κ1) is 14.1. The van der Waals surface area contributed by atoms with Gasteiger partial charge in [0.2, 0.25) is 0 Å². The Hall–Kier alpha value is -1.28. The highest BCUT2D eigenvalue weighted by Crippen LogP contribution is 2.16. The lowest BCUT2D eigenvalue weighted by atomic mass is 10.3. The molecule has 2 amide bonds. The molecular formula is C11H15N3O3S2. The van der Waals surface area contributed by atoms with E-state index in [1.165, 1.54) is 16.7 Å². The molecule has 3 N–H and O–H groups in total. The molecule has 0 aromatic carbocycles. The van der Waals surface area contributed by atoms with Crippen molar-refractivity contribution in [1.29, 1.82) is 0 Å². The normalized spacial score (nSPS) is 18.2. The van der Waals surface area contributed by atoms with Crippen LogP contribution < -0.4 is 10.6 Å². The Kier molecular flexibility index (Phi) is 5.03. The number of nitrogens with zero attached hydrogens (tertiary/aromatic N) is 1. The van der Waals surface area contributed by atoms with E-state index in [4.69, 9.17) is 5.11 Å². The maximum absolute atomic E-state index is 11.6. The molecule has 1 aromatic rings. The first-order chi connectivity index (χ1) is 9.15. The summed E-state index contributed by atoms with van der Waals surface area (Å²) in [6.45, 7) is 0.457. The van der Waals surface area contributed by atoms with Crippen LogP contribution in [0.25, 0.3) is 0 Å². The molecule has 1 aromatic heterocycles. The average Bonchev–Trinajstić information content (AvgIpc) is 3.00. The Bertz CT molecular complexity index is 458. The number of hydrogen-bond acceptors (Lipinski definition) is 5. The predicted octanol–water partition coefficient (Wildman–Crippen LogP) is 1.19. The van der Waals surface area contributed by atoms with Gasteiger partial charge in [0.05, 0.1) is 5.01 Å². The number of aromatic carboxylic acids is 1. The predicted molar refractivity (Wildman–Crippen MR) is 75.0 cm³/mol. The van der Waals surface area contributed by atoms with E-state index in [-0.39, 0.29) is 17.8 Å². The van der Waals surface area contributed by atoms with E-state index in [0.717, 1.165) is 17.9 Å². The van der Waals surface area contributed by atoms with Crippen LogP contribution in [0.1, 0.15) is 21.9 Å². The van der Waals surface area contributed by atoms with Gasteiger partial charge in [-0.1, -0.05) is 0 Å². The van der Waals surface area contributed by atoms with E-state index in [2.05, 4.69) is 15.6 Å². The summed E-state index contributed by atoms with van der Waals surface area (Å²) in [6, 6.07) is 0.103. The Morgan fingerprint density at radius 2 is 2.37 bits per heavy atom. The van der Waals surface area contributed by atoms with Crippen molar-refractivity contribution < 1.29 is 14.7 Å². The van der Waals surface area contributed by atoms with Gasteiger partial charge in [0.1, 0.15) is 0 Å². The lowest BCUT2D eigenvalue weighted by molar-refractivity contribution is 0.0691. The molecule has 1 saturated heterocycles. The lowest BCUT2D eigenvalue weighted by Gasteiger charge is -2.11. The fourth-order valence-electron chi connectivity index (χ4n) is 1.69. The largest absolute Gasteiger partial charge is 0.476 e. The van der Waals surface area contributed by atoms with Crippen molar-refractivity contribution in [2.45, 2.75) is 18.9 Å². The maximum Gasteiger partial charge on any atom is 0.355 e. The molecular weight excluding hydrogens is 286 g/mol. The molecule has 1 unspecified atom stereocenters. The number of aromatic nitrogens is 1. The Labute approximate surface area is 119 Å². The summed E-state index contributed by atoms with van der Waals surface area (Å²) in [5.74, 6) is 1.05. The third kappa shape index (κ3) is 4.39. The fraction of sp³-hybridized carbons (Fsp3) is 0.545. The lowest BCUT2D eigenvalue weighted by Crippen LogP contribution is -2.42. The number of carboxylic acids is 1. The minimum absolute atomic E-state index is 0.0624. The van der Waals surface area contributed by atoms with Gasteiger partial charge in [-0.3, -0.25) is 0 Å². The molecule has 6 nitrogen and oxygen atoms in total. The Morgan fingerprint density at radius 3 is 3.00 bits per heavy atom. The molecule has 19 heavy (non-hydrogen) atoms. The van der Waals surface area contributed by atoms with Crippen LogP contribution in [0.15, 0.2) is 5.38 Å². The van der Waals surface area contributed by atoms with Gasteiger partial charge in [0, 0.05) is 30.1 Å². The standard InChI is InChI=1S/C11H15N3O3S2/c15-10(16)8-6-19-9(14-8)1-3-12-11(17)13-7-2-4-18-5-7/h6-7H,1-5H2,(H,15,16)(H2,12,13,17). The number of thioether (sulfide) groups is 1. The number of amides is 2. The van der Waals surface area contributed by atoms with Gasteiger partial charge >= 0.3 is 12.0 Å². The van der Waals surface area contributed by atoms with Crippen molar-refractivity contribution in [3.05, 3.63) is 16.1 Å². The second-order valence-corrected chi connectivity index (χ2v) is 6.23. The highest BCUT2D eigenvalue weighted by Gasteiger charge is 2.17. The molecule has 1 atom stereocenters. The van der Waals surface area contributed by atoms with Gasteiger partial charge < -0.3 is 15.7 Å². The van der Waals surface area contributed by atoms with Crippen LogP contribution >= 0.6 is 23.1 Å². The molecule has 1 aliphatic heterocycles. The summed E-state index contributed by atoms with van der Waals surface area (Å²) in [7, 11) is 0. The van der Waals surface area contributed by atoms with Gasteiger partial charge in [-0.2, -0.15) is 11.8 Å². The van der Waals surface area contributed by atoms with Crippen LogP contribution in [0.5, 0.6) is 0 Å². The summed E-state index contributed by atoms with van der Waals surface area (Å²) >= 11 is 3.14. The third-order valence-electron chi connectivity index (χ3n) is 2.66. The van der Waals surface area contributed by atoms with Gasteiger partial charge in [0.15, 0.2) is 5.69 Å². The Balaban J connectivity index is 1.67. The first-order valence-electron chi connectivity index (χ1n) is 5.95. The molecule has 0 radical (unpaired) electrons. The van der Waals surface area contributed by atoms with Crippen molar-refractivity contribution >= 4 is 35.1 Å². The highest BCUT2D eigenvalue weighted by atomic mass is 32.2.